The third-order valence-corrected chi connectivity index (χ3v) is 3.67. The van der Waals surface area contributed by atoms with E-state index in [1.54, 1.807) is 25.3 Å². The first-order valence-corrected chi connectivity index (χ1v) is 7.31. The van der Waals surface area contributed by atoms with E-state index < -0.39 is 11.7 Å². The van der Waals surface area contributed by atoms with E-state index in [2.05, 4.69) is 5.32 Å². The van der Waals surface area contributed by atoms with Crippen LogP contribution in [-0.2, 0) is 14.4 Å². The fourth-order valence-corrected chi connectivity index (χ4v) is 2.46. The van der Waals surface area contributed by atoms with E-state index in [1.807, 2.05) is 0 Å². The molecule has 6 heteroatoms. The van der Waals surface area contributed by atoms with Gasteiger partial charge < -0.3 is 14.8 Å². The molecule has 0 spiro atoms. The first kappa shape index (κ1) is 16.7. The minimum atomic E-state index is -1.14. The number of anilines is 1. The van der Waals surface area contributed by atoms with Crippen LogP contribution < -0.4 is 14.8 Å². The van der Waals surface area contributed by atoms with Crippen LogP contribution in [0.4, 0.5) is 5.69 Å². The molecule has 122 valence electrons. The molecule has 1 aromatic rings. The topological polar surface area (TPSA) is 81.7 Å². The smallest absolute Gasteiger partial charge is 0.175 e. The number of carbonyl (C=O) groups excluding carboxylic acids is 3. The van der Waals surface area contributed by atoms with Gasteiger partial charge >= 0.3 is 0 Å². The van der Waals surface area contributed by atoms with Crippen molar-refractivity contribution >= 4 is 23.0 Å². The van der Waals surface area contributed by atoms with Gasteiger partial charge in [0.25, 0.3) is 0 Å². The predicted octanol–water partition coefficient (Wildman–Crippen LogP) is 2.14. The molecule has 1 aromatic carbocycles. The van der Waals surface area contributed by atoms with Crippen LogP contribution in [0, 0.1) is 5.92 Å². The lowest BCUT2D eigenvalue weighted by atomic mass is 9.84. The highest BCUT2D eigenvalue weighted by Crippen LogP contribution is 2.28. The maximum absolute atomic E-state index is 12.1. The van der Waals surface area contributed by atoms with Gasteiger partial charge in [-0.2, -0.15) is 0 Å². The molecule has 2 rings (SSSR count). The van der Waals surface area contributed by atoms with E-state index in [1.165, 1.54) is 19.4 Å². The first-order valence-electron chi connectivity index (χ1n) is 7.31. The van der Waals surface area contributed by atoms with Gasteiger partial charge in [0.15, 0.2) is 17.3 Å². The van der Waals surface area contributed by atoms with Crippen molar-refractivity contribution in [1.29, 1.82) is 0 Å². The summed E-state index contributed by atoms with van der Waals surface area (Å²) in [6, 6.07) is 5.19. The molecule has 0 atom stereocenters. The van der Waals surface area contributed by atoms with Gasteiger partial charge in [-0.25, -0.2) is 0 Å². The molecule has 0 bridgehead atoms. The Labute approximate surface area is 134 Å². The Morgan fingerprint density at radius 2 is 1.87 bits per heavy atom. The van der Waals surface area contributed by atoms with Gasteiger partial charge in [-0.15, -0.1) is 0 Å². The monoisotopic (exact) mass is 317 g/mol. The Morgan fingerprint density at radius 3 is 2.48 bits per heavy atom. The Kier molecular flexibility index (Phi) is 5.51. The number of rotatable bonds is 6. The molecule has 0 aromatic heterocycles. The molecule has 0 amide bonds. The molecule has 1 aliphatic rings. The maximum atomic E-state index is 12.1. The zero-order valence-electron chi connectivity index (χ0n) is 13.1. The number of allylic oxidation sites excluding steroid dienone is 1. The number of ether oxygens (including phenoxy) is 2. The van der Waals surface area contributed by atoms with Crippen LogP contribution in [0.15, 0.2) is 30.5 Å². The zero-order valence-corrected chi connectivity index (χ0v) is 13.1. The third kappa shape index (κ3) is 3.97. The Hall–Kier alpha value is -2.63. The number of methoxy groups -OCH3 is 2. The predicted molar refractivity (Wildman–Crippen MR) is 84.7 cm³/mol. The highest BCUT2D eigenvalue weighted by molar-refractivity contribution is 6.23. The fraction of sp³-hybridized carbons (Fsp3) is 0.353. The van der Waals surface area contributed by atoms with Crippen molar-refractivity contribution < 1.29 is 23.9 Å². The zero-order chi connectivity index (χ0) is 16.8. The van der Waals surface area contributed by atoms with Gasteiger partial charge in [0.1, 0.15) is 17.4 Å². The lowest BCUT2D eigenvalue weighted by molar-refractivity contribution is -0.140. The van der Waals surface area contributed by atoms with Crippen LogP contribution in [0.3, 0.4) is 0 Å². The minimum absolute atomic E-state index is 0.285. The molecular formula is C17H19NO5. The van der Waals surface area contributed by atoms with Crippen LogP contribution in [0.2, 0.25) is 0 Å². The summed E-state index contributed by atoms with van der Waals surface area (Å²) in [6.45, 7) is 0. The van der Waals surface area contributed by atoms with Crippen LogP contribution in [0.1, 0.15) is 19.3 Å². The number of benzene rings is 1. The van der Waals surface area contributed by atoms with Gasteiger partial charge in [0.05, 0.1) is 19.9 Å². The molecule has 6 nitrogen and oxygen atoms in total. The summed E-state index contributed by atoms with van der Waals surface area (Å²) in [5.41, 5.74) is 0.609. The van der Waals surface area contributed by atoms with Crippen molar-refractivity contribution in [3.05, 3.63) is 30.5 Å². The van der Waals surface area contributed by atoms with E-state index >= 15 is 0 Å². The van der Waals surface area contributed by atoms with Crippen molar-refractivity contribution in [2.75, 3.05) is 19.5 Å². The van der Waals surface area contributed by atoms with Crippen molar-refractivity contribution in [3.63, 3.8) is 0 Å². The van der Waals surface area contributed by atoms with E-state index in [4.69, 9.17) is 9.47 Å². The van der Waals surface area contributed by atoms with Gasteiger partial charge in [-0.05, 0) is 24.6 Å². The summed E-state index contributed by atoms with van der Waals surface area (Å²) in [7, 11) is 3.08. The number of Topliss-reactive ketones (excluding diaryl/α,β-unsaturated/α-hetero) is 2. The lowest BCUT2D eigenvalue weighted by Crippen LogP contribution is -2.34. The summed E-state index contributed by atoms with van der Waals surface area (Å²) >= 11 is 0. The highest BCUT2D eigenvalue weighted by atomic mass is 16.5. The number of ketones is 3. The van der Waals surface area contributed by atoms with Crippen molar-refractivity contribution in [2.24, 2.45) is 5.92 Å². The molecule has 1 aliphatic carbocycles. The van der Waals surface area contributed by atoms with Gasteiger partial charge in [0, 0.05) is 25.1 Å². The lowest BCUT2D eigenvalue weighted by Gasteiger charge is -2.16. The van der Waals surface area contributed by atoms with Crippen LogP contribution in [0.25, 0.3) is 0 Å². The van der Waals surface area contributed by atoms with Crippen molar-refractivity contribution in [2.45, 2.75) is 19.3 Å². The number of hydrogen-bond acceptors (Lipinski definition) is 6. The van der Waals surface area contributed by atoms with Gasteiger partial charge in [-0.1, -0.05) is 0 Å². The minimum Gasteiger partial charge on any atom is -0.497 e. The average Bonchev–Trinajstić information content (AvgIpc) is 2.54. The molecule has 1 saturated carbocycles. The summed E-state index contributed by atoms with van der Waals surface area (Å²) < 4.78 is 10.3. The standard InChI is InChI=1S/C17H19NO5/c1-22-11-6-7-16(23-2)12(10-11)18-9-8-15(21)17-13(19)4-3-5-14(17)20/h6-10,17-18H,3-5H2,1-2H3/b9-8-. The summed E-state index contributed by atoms with van der Waals surface area (Å²) in [4.78, 5) is 35.5. The molecule has 0 heterocycles. The van der Waals surface area contributed by atoms with Gasteiger partial charge in [0.2, 0.25) is 0 Å². The molecule has 23 heavy (non-hydrogen) atoms. The van der Waals surface area contributed by atoms with Crippen molar-refractivity contribution in [1.82, 2.24) is 0 Å². The van der Waals surface area contributed by atoms with Crippen LogP contribution in [0.5, 0.6) is 11.5 Å². The molecule has 1 N–H and O–H groups in total. The molecule has 1 fully saturated rings. The normalized spacial score (nSPS) is 15.7. The SMILES string of the molecule is COc1ccc(OC)c(N/C=C\C(=O)C2C(=O)CCCC2=O)c1. The quantitative estimate of drug-likeness (QED) is 0.639. The van der Waals surface area contributed by atoms with Gasteiger partial charge in [-0.3, -0.25) is 14.4 Å². The first-order chi connectivity index (χ1) is 11.1. The molecular weight excluding hydrogens is 298 g/mol. The summed E-state index contributed by atoms with van der Waals surface area (Å²) in [5, 5.41) is 2.91. The van der Waals surface area contributed by atoms with E-state index in [0.717, 1.165) is 0 Å². The van der Waals surface area contributed by atoms with E-state index in [9.17, 15) is 14.4 Å². The van der Waals surface area contributed by atoms with E-state index in [-0.39, 0.29) is 24.4 Å². The second-order valence-corrected chi connectivity index (χ2v) is 5.17. The Balaban J connectivity index is 2.07. The summed E-state index contributed by atoms with van der Waals surface area (Å²) in [6.07, 6.45) is 3.71. The maximum Gasteiger partial charge on any atom is 0.175 e. The molecule has 0 aliphatic heterocycles. The van der Waals surface area contributed by atoms with Crippen LogP contribution in [-0.4, -0.2) is 31.6 Å². The largest absolute Gasteiger partial charge is 0.497 e. The van der Waals surface area contributed by atoms with E-state index in [0.29, 0.717) is 23.6 Å². The van der Waals surface area contributed by atoms with Crippen LogP contribution >= 0.6 is 0 Å². The average molecular weight is 317 g/mol. The number of carbonyl (C=O) groups is 3. The number of hydrogen-bond donors (Lipinski definition) is 1. The molecule has 0 unspecified atom stereocenters. The molecule has 0 radical (unpaired) electrons. The Bertz CT molecular complexity index is 634. The van der Waals surface area contributed by atoms with Crippen molar-refractivity contribution in [3.8, 4) is 11.5 Å². The third-order valence-electron chi connectivity index (χ3n) is 3.67. The highest BCUT2D eigenvalue weighted by Gasteiger charge is 2.34. The second kappa shape index (κ2) is 7.58. The molecule has 0 saturated heterocycles. The second-order valence-electron chi connectivity index (χ2n) is 5.17. The Morgan fingerprint density at radius 1 is 1.17 bits per heavy atom. The number of nitrogens with one attached hydrogen (secondary N) is 1. The summed E-state index contributed by atoms with van der Waals surface area (Å²) in [5.74, 6) is -1.02. The fourth-order valence-electron chi connectivity index (χ4n) is 2.46.